The maximum absolute atomic E-state index is 13.1. The summed E-state index contributed by atoms with van der Waals surface area (Å²) in [5.41, 5.74) is 3.93. The third-order valence-corrected chi connectivity index (χ3v) is 4.10. The van der Waals surface area contributed by atoms with Crippen LogP contribution in [-0.4, -0.2) is 31.5 Å². The van der Waals surface area contributed by atoms with Crippen molar-refractivity contribution >= 4 is 22.6 Å². The molecule has 0 aliphatic carbocycles. The summed E-state index contributed by atoms with van der Waals surface area (Å²) >= 11 is 0. The molecule has 2 aromatic carbocycles. The molecule has 0 radical (unpaired) electrons. The van der Waals surface area contributed by atoms with Crippen LogP contribution in [0.25, 0.3) is 22.2 Å². The number of rotatable bonds is 5. The van der Waals surface area contributed by atoms with Gasteiger partial charge >= 0.3 is 5.97 Å². The monoisotopic (exact) mass is 351 g/mol. The first-order chi connectivity index (χ1) is 12.6. The fourth-order valence-electron chi connectivity index (χ4n) is 2.80. The molecule has 0 saturated carbocycles. The summed E-state index contributed by atoms with van der Waals surface area (Å²) in [5, 5.41) is 26.5. The van der Waals surface area contributed by atoms with Gasteiger partial charge in [0, 0.05) is 28.7 Å². The van der Waals surface area contributed by atoms with Crippen LogP contribution in [0.15, 0.2) is 48.7 Å². The van der Waals surface area contributed by atoms with E-state index in [-0.39, 0.29) is 11.5 Å². The van der Waals surface area contributed by atoms with Crippen LogP contribution < -0.4 is 5.32 Å². The second-order valence-electron chi connectivity index (χ2n) is 5.77. The Labute approximate surface area is 146 Å². The maximum Gasteiger partial charge on any atom is 0.357 e. The second-order valence-corrected chi connectivity index (χ2v) is 5.77. The summed E-state index contributed by atoms with van der Waals surface area (Å²) in [5.74, 6) is -1.38. The van der Waals surface area contributed by atoms with Gasteiger partial charge in [-0.05, 0) is 42.5 Å². The molecule has 8 heteroatoms. The summed E-state index contributed by atoms with van der Waals surface area (Å²) in [4.78, 5) is 11.2. The van der Waals surface area contributed by atoms with Gasteiger partial charge in [0.1, 0.15) is 5.82 Å². The number of carboxylic acids is 1. The van der Waals surface area contributed by atoms with E-state index in [2.05, 4.69) is 25.7 Å². The highest BCUT2D eigenvalue weighted by Crippen LogP contribution is 2.24. The highest BCUT2D eigenvalue weighted by atomic mass is 19.1. The molecule has 2 aromatic heterocycles. The van der Waals surface area contributed by atoms with Gasteiger partial charge in [0.2, 0.25) is 0 Å². The summed E-state index contributed by atoms with van der Waals surface area (Å²) < 4.78 is 13.1. The molecule has 0 spiro atoms. The number of carboxylic acid groups (broad SMARTS) is 1. The Bertz CT molecular complexity index is 1080. The first-order valence-electron chi connectivity index (χ1n) is 7.85. The third-order valence-electron chi connectivity index (χ3n) is 4.10. The van der Waals surface area contributed by atoms with Crippen LogP contribution in [-0.2, 0) is 6.54 Å². The van der Waals surface area contributed by atoms with E-state index in [9.17, 15) is 14.3 Å². The van der Waals surface area contributed by atoms with Crippen molar-refractivity contribution in [1.29, 1.82) is 0 Å². The van der Waals surface area contributed by atoms with E-state index in [0.29, 0.717) is 17.4 Å². The highest BCUT2D eigenvalue weighted by Gasteiger charge is 2.13. The van der Waals surface area contributed by atoms with Crippen LogP contribution in [0.2, 0.25) is 0 Å². The van der Waals surface area contributed by atoms with E-state index in [1.807, 2.05) is 6.07 Å². The zero-order valence-electron chi connectivity index (χ0n) is 13.5. The van der Waals surface area contributed by atoms with Crippen LogP contribution in [0.1, 0.15) is 16.1 Å². The van der Waals surface area contributed by atoms with Gasteiger partial charge in [-0.3, -0.25) is 10.2 Å². The lowest BCUT2D eigenvalue weighted by Crippen LogP contribution is -2.01. The summed E-state index contributed by atoms with van der Waals surface area (Å²) in [6, 6.07) is 11.5. The fraction of sp³-hybridized carbons (Fsp3) is 0.0556. The third kappa shape index (κ3) is 2.88. The topological polar surface area (TPSA) is 107 Å². The molecule has 4 rings (SSSR count). The molecule has 130 valence electrons. The number of benzene rings is 2. The molecule has 0 aliphatic heterocycles. The minimum atomic E-state index is -1.08. The number of aromatic carboxylic acids is 1. The van der Waals surface area contributed by atoms with Crippen molar-refractivity contribution in [2.24, 2.45) is 0 Å². The number of carbonyl (C=O) groups is 1. The molecule has 0 aliphatic rings. The van der Waals surface area contributed by atoms with E-state index in [1.165, 1.54) is 12.1 Å². The molecular weight excluding hydrogens is 337 g/mol. The van der Waals surface area contributed by atoms with Crippen molar-refractivity contribution in [1.82, 2.24) is 20.4 Å². The molecule has 0 bridgehead atoms. The number of fused-ring (bicyclic) bond motifs is 1. The normalized spacial score (nSPS) is 11.0. The number of nitrogens with one attached hydrogen (secondary N) is 3. The Morgan fingerprint density at radius 1 is 1.15 bits per heavy atom. The number of nitrogens with zero attached hydrogens (tertiary/aromatic N) is 2. The fourth-order valence-corrected chi connectivity index (χ4v) is 2.80. The summed E-state index contributed by atoms with van der Waals surface area (Å²) in [7, 11) is 0. The van der Waals surface area contributed by atoms with Gasteiger partial charge in [-0.15, -0.1) is 0 Å². The van der Waals surface area contributed by atoms with Gasteiger partial charge in [-0.2, -0.15) is 10.2 Å². The SMILES string of the molecule is O=C(O)c1n[nH]c2ccc(NCc3cn[nH]c3-c3ccc(F)cc3)cc12. The van der Waals surface area contributed by atoms with Gasteiger partial charge in [0.15, 0.2) is 5.69 Å². The lowest BCUT2D eigenvalue weighted by molar-refractivity contribution is 0.0692. The number of halogens is 1. The smallest absolute Gasteiger partial charge is 0.357 e. The second kappa shape index (κ2) is 6.32. The van der Waals surface area contributed by atoms with Gasteiger partial charge in [0.25, 0.3) is 0 Å². The Morgan fingerprint density at radius 2 is 1.96 bits per heavy atom. The molecule has 0 amide bonds. The molecule has 4 aromatic rings. The average molecular weight is 351 g/mol. The van der Waals surface area contributed by atoms with Gasteiger partial charge in [0.05, 0.1) is 17.4 Å². The van der Waals surface area contributed by atoms with E-state index in [1.54, 1.807) is 30.5 Å². The molecule has 0 unspecified atom stereocenters. The first-order valence-corrected chi connectivity index (χ1v) is 7.85. The van der Waals surface area contributed by atoms with Crippen LogP contribution in [0.5, 0.6) is 0 Å². The summed E-state index contributed by atoms with van der Waals surface area (Å²) in [6.07, 6.45) is 1.70. The Morgan fingerprint density at radius 3 is 2.73 bits per heavy atom. The number of H-pyrrole nitrogens is 2. The van der Waals surface area contributed by atoms with Crippen LogP contribution in [0.3, 0.4) is 0 Å². The van der Waals surface area contributed by atoms with Crippen molar-refractivity contribution in [2.75, 3.05) is 5.32 Å². The van der Waals surface area contributed by atoms with E-state index in [0.717, 1.165) is 22.5 Å². The van der Waals surface area contributed by atoms with Gasteiger partial charge in [-0.25, -0.2) is 9.18 Å². The molecule has 7 nitrogen and oxygen atoms in total. The molecule has 4 N–H and O–H groups in total. The van der Waals surface area contributed by atoms with Crippen LogP contribution in [0, 0.1) is 5.82 Å². The molecule has 0 saturated heterocycles. The Balaban J connectivity index is 1.57. The minimum Gasteiger partial charge on any atom is -0.476 e. The van der Waals surface area contributed by atoms with Crippen LogP contribution in [0.4, 0.5) is 10.1 Å². The number of anilines is 1. The number of aromatic nitrogens is 4. The van der Waals surface area contributed by atoms with E-state index >= 15 is 0 Å². The highest BCUT2D eigenvalue weighted by molar-refractivity contribution is 6.01. The lowest BCUT2D eigenvalue weighted by atomic mass is 10.1. The van der Waals surface area contributed by atoms with Crippen molar-refractivity contribution < 1.29 is 14.3 Å². The largest absolute Gasteiger partial charge is 0.476 e. The Hall–Kier alpha value is -3.68. The quantitative estimate of drug-likeness (QED) is 0.441. The predicted molar refractivity (Wildman–Crippen MR) is 94.4 cm³/mol. The molecule has 26 heavy (non-hydrogen) atoms. The van der Waals surface area contributed by atoms with Crippen LogP contribution >= 0.6 is 0 Å². The Kier molecular flexibility index (Phi) is 3.85. The molecular formula is C18H14FN5O2. The number of hydrogen-bond donors (Lipinski definition) is 4. The lowest BCUT2D eigenvalue weighted by Gasteiger charge is -2.07. The van der Waals surface area contributed by atoms with Gasteiger partial charge in [-0.1, -0.05) is 0 Å². The van der Waals surface area contributed by atoms with Crippen molar-refractivity contribution in [3.63, 3.8) is 0 Å². The van der Waals surface area contributed by atoms with E-state index < -0.39 is 5.97 Å². The average Bonchev–Trinajstić information content (AvgIpc) is 3.27. The number of aromatic amines is 2. The number of hydrogen-bond acceptors (Lipinski definition) is 4. The standard InChI is InChI=1S/C18H14FN5O2/c19-12-3-1-10(2-4-12)16-11(9-21-23-16)8-20-13-5-6-15-14(7-13)17(18(25)26)24-22-15/h1-7,9,20H,8H2,(H,21,23)(H,22,24)(H,25,26). The predicted octanol–water partition coefficient (Wildman–Crippen LogP) is 3.40. The molecule has 2 heterocycles. The molecule has 0 fully saturated rings. The van der Waals surface area contributed by atoms with E-state index in [4.69, 9.17) is 0 Å². The maximum atomic E-state index is 13.1. The summed E-state index contributed by atoms with van der Waals surface area (Å²) in [6.45, 7) is 0.467. The zero-order valence-corrected chi connectivity index (χ0v) is 13.5. The first kappa shape index (κ1) is 15.8. The van der Waals surface area contributed by atoms with Gasteiger partial charge < -0.3 is 10.4 Å². The minimum absolute atomic E-state index is 0.0148. The van der Waals surface area contributed by atoms with Crippen molar-refractivity contribution in [3.8, 4) is 11.3 Å². The van der Waals surface area contributed by atoms with Crippen molar-refractivity contribution in [2.45, 2.75) is 6.54 Å². The van der Waals surface area contributed by atoms with Crippen molar-refractivity contribution in [3.05, 3.63) is 65.7 Å². The molecule has 0 atom stereocenters. The zero-order chi connectivity index (χ0) is 18.1.